The van der Waals surface area contributed by atoms with Gasteiger partial charge in [-0.25, -0.2) is 0 Å². The monoisotopic (exact) mass is 132 g/mol. The largest absolute Gasteiger partial charge is 0.388 e. The highest BCUT2D eigenvalue weighted by Gasteiger charge is 2.33. The van der Waals surface area contributed by atoms with Crippen LogP contribution in [0.4, 0.5) is 0 Å². The van der Waals surface area contributed by atoms with E-state index < -0.39 is 18.3 Å². The first-order valence-electron chi connectivity index (χ1n) is 2.68. The number of hydrogen-bond donors (Lipinski definition) is 2. The molecule has 1 aliphatic heterocycles. The quantitative estimate of drug-likeness (QED) is 0.417. The Balaban J connectivity index is 2.50. The van der Waals surface area contributed by atoms with Crippen LogP contribution in [-0.4, -0.2) is 41.4 Å². The van der Waals surface area contributed by atoms with Crippen molar-refractivity contribution in [1.29, 1.82) is 0 Å². The summed E-state index contributed by atoms with van der Waals surface area (Å²) < 4.78 is 4.66. The molecule has 9 heavy (non-hydrogen) atoms. The topological polar surface area (TPSA) is 66.8 Å². The molecule has 2 N–H and O–H groups in total. The molecule has 1 saturated heterocycles. The summed E-state index contributed by atoms with van der Waals surface area (Å²) >= 11 is 0. The van der Waals surface area contributed by atoms with Crippen molar-refractivity contribution in [1.82, 2.24) is 0 Å². The Morgan fingerprint density at radius 3 is 2.44 bits per heavy atom. The molecule has 1 fully saturated rings. The number of rotatable bonds is 1. The van der Waals surface area contributed by atoms with Gasteiger partial charge in [-0.2, -0.15) is 0 Å². The molecule has 0 bridgehead atoms. The molecule has 1 aliphatic rings. The summed E-state index contributed by atoms with van der Waals surface area (Å²) in [5.41, 5.74) is 0. The second kappa shape index (κ2) is 2.43. The number of aldehydes is 1. The van der Waals surface area contributed by atoms with E-state index in [0.717, 1.165) is 0 Å². The van der Waals surface area contributed by atoms with E-state index in [9.17, 15) is 4.79 Å². The molecule has 3 atom stereocenters. The van der Waals surface area contributed by atoms with Gasteiger partial charge in [0.2, 0.25) is 0 Å². The summed E-state index contributed by atoms with van der Waals surface area (Å²) in [6, 6.07) is 0. The predicted octanol–water partition coefficient (Wildman–Crippen LogP) is -1.69. The van der Waals surface area contributed by atoms with Crippen LogP contribution < -0.4 is 0 Å². The van der Waals surface area contributed by atoms with Gasteiger partial charge in [0.1, 0.15) is 18.3 Å². The fourth-order valence-electron chi connectivity index (χ4n) is 0.746. The van der Waals surface area contributed by atoms with Gasteiger partial charge in [0.05, 0.1) is 6.61 Å². The maximum absolute atomic E-state index is 9.97. The first kappa shape index (κ1) is 6.67. The van der Waals surface area contributed by atoms with E-state index in [1.54, 1.807) is 0 Å². The van der Waals surface area contributed by atoms with Crippen molar-refractivity contribution in [3.8, 4) is 0 Å². The highest BCUT2D eigenvalue weighted by Crippen LogP contribution is 2.11. The molecular formula is C5H8O4. The molecule has 1 unspecified atom stereocenters. The van der Waals surface area contributed by atoms with Gasteiger partial charge < -0.3 is 19.7 Å². The van der Waals surface area contributed by atoms with Gasteiger partial charge in [0, 0.05) is 0 Å². The zero-order valence-corrected chi connectivity index (χ0v) is 4.73. The van der Waals surface area contributed by atoms with Gasteiger partial charge in [0.15, 0.2) is 6.29 Å². The third kappa shape index (κ3) is 1.10. The summed E-state index contributed by atoms with van der Waals surface area (Å²) in [7, 11) is 0. The third-order valence-corrected chi connectivity index (χ3v) is 1.32. The average molecular weight is 132 g/mol. The second-order valence-corrected chi connectivity index (χ2v) is 1.99. The van der Waals surface area contributed by atoms with Crippen molar-refractivity contribution in [3.63, 3.8) is 0 Å². The molecule has 0 spiro atoms. The number of carbonyl (C=O) groups excluding carboxylic acids is 1. The van der Waals surface area contributed by atoms with Crippen LogP contribution in [0.15, 0.2) is 0 Å². The van der Waals surface area contributed by atoms with E-state index >= 15 is 0 Å². The Kier molecular flexibility index (Phi) is 1.80. The van der Waals surface area contributed by atoms with Crippen molar-refractivity contribution < 1.29 is 19.7 Å². The minimum Gasteiger partial charge on any atom is -0.388 e. The van der Waals surface area contributed by atoms with Crippen LogP contribution in [0.1, 0.15) is 0 Å². The Morgan fingerprint density at radius 1 is 1.56 bits per heavy atom. The van der Waals surface area contributed by atoms with Crippen LogP contribution in [0.5, 0.6) is 0 Å². The highest BCUT2D eigenvalue weighted by molar-refractivity contribution is 5.57. The predicted molar refractivity (Wildman–Crippen MR) is 27.8 cm³/mol. The lowest BCUT2D eigenvalue weighted by molar-refractivity contribution is -0.119. The van der Waals surface area contributed by atoms with Gasteiger partial charge in [-0.3, -0.25) is 0 Å². The molecule has 4 heteroatoms. The van der Waals surface area contributed by atoms with Crippen LogP contribution in [-0.2, 0) is 9.53 Å². The van der Waals surface area contributed by atoms with Gasteiger partial charge in [-0.1, -0.05) is 0 Å². The van der Waals surface area contributed by atoms with Gasteiger partial charge in [-0.05, 0) is 0 Å². The molecule has 0 aliphatic carbocycles. The molecule has 4 nitrogen and oxygen atoms in total. The molecule has 0 amide bonds. The highest BCUT2D eigenvalue weighted by atomic mass is 16.5. The van der Waals surface area contributed by atoms with Crippen molar-refractivity contribution >= 4 is 6.29 Å². The Bertz CT molecular complexity index is 114. The summed E-state index contributed by atoms with van der Waals surface area (Å²) in [4.78, 5) is 9.97. The molecule has 0 radical (unpaired) electrons. The van der Waals surface area contributed by atoms with Crippen LogP contribution in [0.3, 0.4) is 0 Å². The summed E-state index contributed by atoms with van der Waals surface area (Å²) in [5.74, 6) is 0. The lowest BCUT2D eigenvalue weighted by Gasteiger charge is -2.06. The Labute approximate surface area is 52.1 Å². The number of hydrogen-bond acceptors (Lipinski definition) is 4. The standard InChI is InChI=1S/C5H8O4/c6-1-4-5(8)3(7)2-9-4/h1,3-5,7-8H,2H2/t3?,4-,5+/m0/s1. The van der Waals surface area contributed by atoms with Gasteiger partial charge in [-0.15, -0.1) is 0 Å². The Morgan fingerprint density at radius 2 is 2.22 bits per heavy atom. The lowest BCUT2D eigenvalue weighted by Crippen LogP contribution is -2.30. The zero-order valence-electron chi connectivity index (χ0n) is 4.73. The Hall–Kier alpha value is -0.450. The van der Waals surface area contributed by atoms with Crippen LogP contribution >= 0.6 is 0 Å². The third-order valence-electron chi connectivity index (χ3n) is 1.32. The van der Waals surface area contributed by atoms with E-state index in [4.69, 9.17) is 10.2 Å². The summed E-state index contributed by atoms with van der Waals surface area (Å²) in [6.45, 7) is 0.0462. The van der Waals surface area contributed by atoms with Crippen LogP contribution in [0.2, 0.25) is 0 Å². The summed E-state index contributed by atoms with van der Waals surface area (Å²) in [5, 5.41) is 17.6. The number of ether oxygens (including phenoxy) is 1. The minimum absolute atomic E-state index is 0.0462. The average Bonchev–Trinajstić information content (AvgIpc) is 2.15. The van der Waals surface area contributed by atoms with Crippen molar-refractivity contribution in [3.05, 3.63) is 0 Å². The van der Waals surface area contributed by atoms with E-state index in [2.05, 4.69) is 4.74 Å². The summed E-state index contributed by atoms with van der Waals surface area (Å²) in [6.07, 6.45) is -2.29. The van der Waals surface area contributed by atoms with Crippen LogP contribution in [0, 0.1) is 0 Å². The molecule has 0 aromatic rings. The smallest absolute Gasteiger partial charge is 0.151 e. The van der Waals surface area contributed by atoms with Crippen molar-refractivity contribution in [2.45, 2.75) is 18.3 Å². The van der Waals surface area contributed by atoms with Crippen LogP contribution in [0.25, 0.3) is 0 Å². The SMILES string of the molecule is O=C[C@@H]1OCC(O)[C@H]1O. The fourth-order valence-corrected chi connectivity index (χ4v) is 0.746. The molecule has 1 rings (SSSR count). The first-order chi connectivity index (χ1) is 4.25. The molecule has 1 heterocycles. The zero-order chi connectivity index (χ0) is 6.85. The van der Waals surface area contributed by atoms with Crippen molar-refractivity contribution in [2.24, 2.45) is 0 Å². The van der Waals surface area contributed by atoms with Gasteiger partial charge in [0.25, 0.3) is 0 Å². The van der Waals surface area contributed by atoms with E-state index in [1.807, 2.05) is 0 Å². The minimum atomic E-state index is -1.04. The molecule has 0 saturated carbocycles. The number of aliphatic hydroxyl groups excluding tert-OH is 2. The number of aliphatic hydroxyl groups is 2. The van der Waals surface area contributed by atoms with E-state index in [0.29, 0.717) is 6.29 Å². The molecule has 0 aromatic heterocycles. The van der Waals surface area contributed by atoms with E-state index in [1.165, 1.54) is 0 Å². The molecule has 0 aromatic carbocycles. The number of carbonyl (C=O) groups is 1. The normalized spacial score (nSPS) is 43.1. The molecular weight excluding hydrogens is 124 g/mol. The van der Waals surface area contributed by atoms with Gasteiger partial charge >= 0.3 is 0 Å². The van der Waals surface area contributed by atoms with Crippen molar-refractivity contribution in [2.75, 3.05) is 6.61 Å². The second-order valence-electron chi connectivity index (χ2n) is 1.99. The fraction of sp³-hybridized carbons (Fsp3) is 0.800. The maximum Gasteiger partial charge on any atom is 0.151 e. The molecule has 52 valence electrons. The maximum atomic E-state index is 9.97. The first-order valence-corrected chi connectivity index (χ1v) is 2.68. The van der Waals surface area contributed by atoms with E-state index in [-0.39, 0.29) is 6.61 Å². The lowest BCUT2D eigenvalue weighted by atomic mass is 10.2.